The van der Waals surface area contributed by atoms with Gasteiger partial charge in [-0.3, -0.25) is 5.32 Å². The summed E-state index contributed by atoms with van der Waals surface area (Å²) in [6.45, 7) is 5.25. The summed E-state index contributed by atoms with van der Waals surface area (Å²) in [5.41, 5.74) is 0. The molecule has 1 fully saturated rings. The minimum atomic E-state index is -0.193. The molecule has 0 saturated heterocycles. The van der Waals surface area contributed by atoms with Gasteiger partial charge in [0, 0.05) is 12.6 Å². The number of anilines is 2. The van der Waals surface area contributed by atoms with Gasteiger partial charge >= 0.3 is 6.03 Å². The Morgan fingerprint density at radius 2 is 1.86 bits per heavy atom. The van der Waals surface area contributed by atoms with Crippen LogP contribution in [-0.2, 0) is 0 Å². The first kappa shape index (κ1) is 16.5. The Morgan fingerprint density at radius 3 is 2.50 bits per heavy atom. The summed E-state index contributed by atoms with van der Waals surface area (Å²) in [5, 5.41) is 17.1. The second-order valence-corrected chi connectivity index (χ2v) is 6.35. The predicted octanol–water partition coefficient (Wildman–Crippen LogP) is 3.39. The van der Waals surface area contributed by atoms with E-state index in [0.29, 0.717) is 17.8 Å². The third-order valence-electron chi connectivity index (χ3n) is 3.87. The van der Waals surface area contributed by atoms with E-state index >= 15 is 0 Å². The Hall–Kier alpha value is -1.85. The van der Waals surface area contributed by atoms with Crippen LogP contribution >= 0.6 is 0 Å². The number of aromatic nitrogens is 2. The molecule has 1 saturated carbocycles. The SMILES string of the molecule is CC(C)CCNc1ccc(NC(=O)NC2CCCCC2)nn1. The van der Waals surface area contributed by atoms with Crippen molar-refractivity contribution in [1.82, 2.24) is 15.5 Å². The van der Waals surface area contributed by atoms with Crippen LogP contribution in [0.15, 0.2) is 12.1 Å². The monoisotopic (exact) mass is 305 g/mol. The molecule has 1 aliphatic carbocycles. The Labute approximate surface area is 132 Å². The highest BCUT2D eigenvalue weighted by molar-refractivity contribution is 5.88. The minimum Gasteiger partial charge on any atom is -0.369 e. The van der Waals surface area contributed by atoms with Gasteiger partial charge in [-0.15, -0.1) is 10.2 Å². The van der Waals surface area contributed by atoms with E-state index in [2.05, 4.69) is 40.0 Å². The van der Waals surface area contributed by atoms with Crippen LogP contribution in [0, 0.1) is 5.92 Å². The second kappa shape index (κ2) is 8.56. The van der Waals surface area contributed by atoms with Crippen LogP contribution in [0.4, 0.5) is 16.4 Å². The van der Waals surface area contributed by atoms with Crippen molar-refractivity contribution in [3.05, 3.63) is 12.1 Å². The van der Waals surface area contributed by atoms with Gasteiger partial charge < -0.3 is 10.6 Å². The number of nitrogens with zero attached hydrogens (tertiary/aromatic N) is 2. The van der Waals surface area contributed by atoms with E-state index in [9.17, 15) is 4.79 Å². The molecule has 1 heterocycles. The van der Waals surface area contributed by atoms with Gasteiger partial charge in [-0.1, -0.05) is 33.1 Å². The summed E-state index contributed by atoms with van der Waals surface area (Å²) in [5.74, 6) is 1.87. The lowest BCUT2D eigenvalue weighted by atomic mass is 9.96. The van der Waals surface area contributed by atoms with Crippen LogP contribution in [-0.4, -0.2) is 28.8 Å². The smallest absolute Gasteiger partial charge is 0.320 e. The van der Waals surface area contributed by atoms with E-state index in [0.717, 1.165) is 31.6 Å². The fourth-order valence-electron chi connectivity index (χ4n) is 2.57. The number of hydrogen-bond donors (Lipinski definition) is 3. The fraction of sp³-hybridized carbons (Fsp3) is 0.688. The molecule has 122 valence electrons. The highest BCUT2D eigenvalue weighted by atomic mass is 16.2. The van der Waals surface area contributed by atoms with E-state index in [4.69, 9.17) is 0 Å². The minimum absolute atomic E-state index is 0.193. The van der Waals surface area contributed by atoms with E-state index in [1.54, 1.807) is 6.07 Å². The number of amides is 2. The number of carbonyl (C=O) groups excluding carboxylic acids is 1. The normalized spacial score (nSPS) is 15.6. The van der Waals surface area contributed by atoms with Gasteiger partial charge in [0.25, 0.3) is 0 Å². The zero-order chi connectivity index (χ0) is 15.8. The van der Waals surface area contributed by atoms with E-state index in [1.165, 1.54) is 19.3 Å². The largest absolute Gasteiger partial charge is 0.369 e. The summed E-state index contributed by atoms with van der Waals surface area (Å²) in [6.07, 6.45) is 6.89. The Kier molecular flexibility index (Phi) is 6.43. The lowest BCUT2D eigenvalue weighted by Crippen LogP contribution is -2.39. The Bertz CT molecular complexity index is 454. The summed E-state index contributed by atoms with van der Waals surface area (Å²) in [4.78, 5) is 11.9. The van der Waals surface area contributed by atoms with Crippen LogP contribution in [0.2, 0.25) is 0 Å². The maximum Gasteiger partial charge on any atom is 0.320 e. The van der Waals surface area contributed by atoms with Gasteiger partial charge in [-0.25, -0.2) is 4.79 Å². The lowest BCUT2D eigenvalue weighted by molar-refractivity contribution is 0.244. The highest BCUT2D eigenvalue weighted by Crippen LogP contribution is 2.17. The van der Waals surface area contributed by atoms with Crippen molar-refractivity contribution in [3.8, 4) is 0 Å². The van der Waals surface area contributed by atoms with Crippen molar-refractivity contribution in [2.45, 2.75) is 58.4 Å². The molecule has 22 heavy (non-hydrogen) atoms. The molecule has 0 aliphatic heterocycles. The zero-order valence-electron chi connectivity index (χ0n) is 13.6. The molecular formula is C16H27N5O. The van der Waals surface area contributed by atoms with Crippen molar-refractivity contribution >= 4 is 17.7 Å². The van der Waals surface area contributed by atoms with E-state index < -0.39 is 0 Å². The molecule has 0 bridgehead atoms. The van der Waals surface area contributed by atoms with Crippen molar-refractivity contribution < 1.29 is 4.79 Å². The third-order valence-corrected chi connectivity index (χ3v) is 3.87. The molecule has 3 N–H and O–H groups in total. The molecule has 1 aromatic rings. The van der Waals surface area contributed by atoms with Gasteiger partial charge in [-0.05, 0) is 37.3 Å². The lowest BCUT2D eigenvalue weighted by Gasteiger charge is -2.22. The quantitative estimate of drug-likeness (QED) is 0.752. The molecule has 1 aromatic heterocycles. The molecule has 0 radical (unpaired) electrons. The van der Waals surface area contributed by atoms with Crippen LogP contribution in [0.5, 0.6) is 0 Å². The number of urea groups is 1. The molecule has 6 heteroatoms. The van der Waals surface area contributed by atoms with Gasteiger partial charge in [0.2, 0.25) is 0 Å². The average Bonchev–Trinajstić information content (AvgIpc) is 2.49. The van der Waals surface area contributed by atoms with Crippen LogP contribution < -0.4 is 16.0 Å². The zero-order valence-corrected chi connectivity index (χ0v) is 13.6. The van der Waals surface area contributed by atoms with Gasteiger partial charge in [0.05, 0.1) is 0 Å². The fourth-order valence-corrected chi connectivity index (χ4v) is 2.57. The number of carbonyl (C=O) groups is 1. The van der Waals surface area contributed by atoms with Crippen molar-refractivity contribution in [2.75, 3.05) is 17.2 Å². The van der Waals surface area contributed by atoms with Gasteiger partial charge in [0.1, 0.15) is 5.82 Å². The van der Waals surface area contributed by atoms with E-state index in [-0.39, 0.29) is 6.03 Å². The summed E-state index contributed by atoms with van der Waals surface area (Å²) in [7, 11) is 0. The first-order valence-corrected chi connectivity index (χ1v) is 8.28. The van der Waals surface area contributed by atoms with Crippen LogP contribution in [0.3, 0.4) is 0 Å². The van der Waals surface area contributed by atoms with Gasteiger partial charge in [0.15, 0.2) is 5.82 Å². The molecular weight excluding hydrogens is 278 g/mol. The third kappa shape index (κ3) is 5.87. The molecule has 6 nitrogen and oxygen atoms in total. The highest BCUT2D eigenvalue weighted by Gasteiger charge is 2.15. The van der Waals surface area contributed by atoms with Crippen molar-refractivity contribution in [1.29, 1.82) is 0 Å². The molecule has 0 atom stereocenters. The maximum atomic E-state index is 11.9. The number of nitrogens with one attached hydrogen (secondary N) is 3. The van der Waals surface area contributed by atoms with E-state index in [1.807, 2.05) is 6.07 Å². The molecule has 2 rings (SSSR count). The first-order valence-electron chi connectivity index (χ1n) is 8.28. The molecule has 0 unspecified atom stereocenters. The average molecular weight is 305 g/mol. The second-order valence-electron chi connectivity index (χ2n) is 6.35. The summed E-state index contributed by atoms with van der Waals surface area (Å²) >= 11 is 0. The molecule has 0 aromatic carbocycles. The topological polar surface area (TPSA) is 78.9 Å². The van der Waals surface area contributed by atoms with Crippen LogP contribution in [0.25, 0.3) is 0 Å². The first-order chi connectivity index (χ1) is 10.6. The maximum absolute atomic E-state index is 11.9. The summed E-state index contributed by atoms with van der Waals surface area (Å²) < 4.78 is 0. The van der Waals surface area contributed by atoms with Crippen LogP contribution in [0.1, 0.15) is 52.4 Å². The van der Waals surface area contributed by atoms with Gasteiger partial charge in [-0.2, -0.15) is 0 Å². The molecule has 1 aliphatic rings. The standard InChI is InChI=1S/C16H27N5O/c1-12(2)10-11-17-14-8-9-15(21-20-14)19-16(22)18-13-6-4-3-5-7-13/h8-9,12-13H,3-7,10-11H2,1-2H3,(H,17,20)(H2,18,19,21,22). The number of hydrogen-bond acceptors (Lipinski definition) is 4. The predicted molar refractivity (Wildman–Crippen MR) is 89.0 cm³/mol. The Morgan fingerprint density at radius 1 is 1.18 bits per heavy atom. The van der Waals surface area contributed by atoms with Crippen molar-refractivity contribution in [3.63, 3.8) is 0 Å². The molecule has 2 amide bonds. The Balaban J connectivity index is 1.74. The number of rotatable bonds is 6. The summed E-state index contributed by atoms with van der Waals surface area (Å²) in [6, 6.07) is 3.70. The van der Waals surface area contributed by atoms with Crippen molar-refractivity contribution in [2.24, 2.45) is 5.92 Å². The molecule has 0 spiro atoms.